The predicted molar refractivity (Wildman–Crippen MR) is 87.8 cm³/mol. The van der Waals surface area contributed by atoms with Crippen LogP contribution < -0.4 is 5.32 Å². The van der Waals surface area contributed by atoms with Crippen molar-refractivity contribution in [2.45, 2.75) is 39.7 Å². The average molecular weight is 303 g/mol. The lowest BCUT2D eigenvalue weighted by atomic mass is 10.3. The first-order chi connectivity index (χ1) is 10.8. The van der Waals surface area contributed by atoms with Gasteiger partial charge in [-0.2, -0.15) is 0 Å². The molecule has 0 atom stereocenters. The van der Waals surface area contributed by atoms with Crippen molar-refractivity contribution in [1.82, 2.24) is 14.9 Å². The number of para-hydroxylation sites is 2. The molecule has 1 N–H and O–H groups in total. The Labute approximate surface area is 131 Å². The second-order valence-electron chi connectivity index (χ2n) is 5.25. The highest BCUT2D eigenvalue weighted by molar-refractivity contribution is 5.81. The van der Waals surface area contributed by atoms with Crippen LogP contribution in [-0.4, -0.2) is 35.2 Å². The molecule has 0 fully saturated rings. The van der Waals surface area contributed by atoms with E-state index in [1.54, 1.807) is 0 Å². The van der Waals surface area contributed by atoms with E-state index >= 15 is 0 Å². The van der Waals surface area contributed by atoms with Crippen LogP contribution in [0.25, 0.3) is 11.0 Å². The maximum atomic E-state index is 12.1. The van der Waals surface area contributed by atoms with Crippen molar-refractivity contribution in [2.24, 2.45) is 0 Å². The summed E-state index contributed by atoms with van der Waals surface area (Å²) in [6.45, 7) is 6.47. The number of aromatic nitrogens is 2. The number of nitrogens with one attached hydrogen (secondary N) is 1. The molecule has 5 heteroatoms. The first-order valence-corrected chi connectivity index (χ1v) is 8.04. The Morgan fingerprint density at radius 1 is 1.32 bits per heavy atom. The van der Waals surface area contributed by atoms with E-state index in [9.17, 15) is 4.79 Å². The Morgan fingerprint density at radius 3 is 2.91 bits per heavy atom. The molecule has 2 rings (SSSR count). The molecule has 0 aliphatic carbocycles. The summed E-state index contributed by atoms with van der Waals surface area (Å²) in [4.78, 5) is 16.8. The molecule has 0 unspecified atom stereocenters. The number of hydrogen-bond donors (Lipinski definition) is 1. The molecule has 0 spiro atoms. The van der Waals surface area contributed by atoms with Gasteiger partial charge in [0.2, 0.25) is 5.91 Å². The first kappa shape index (κ1) is 16.5. The Balaban J connectivity index is 2.00. The number of rotatable bonds is 9. The second-order valence-corrected chi connectivity index (χ2v) is 5.25. The second kappa shape index (κ2) is 8.54. The van der Waals surface area contributed by atoms with Gasteiger partial charge in [0, 0.05) is 26.2 Å². The van der Waals surface area contributed by atoms with E-state index in [4.69, 9.17) is 4.74 Å². The summed E-state index contributed by atoms with van der Waals surface area (Å²) in [5.41, 5.74) is 1.98. The fraction of sp³-hybridized carbons (Fsp3) is 0.529. The molecule has 1 aromatic carbocycles. The van der Waals surface area contributed by atoms with Gasteiger partial charge in [0.25, 0.3) is 0 Å². The molecule has 5 nitrogen and oxygen atoms in total. The van der Waals surface area contributed by atoms with Crippen molar-refractivity contribution >= 4 is 16.9 Å². The van der Waals surface area contributed by atoms with Gasteiger partial charge in [-0.15, -0.1) is 0 Å². The third-order valence-electron chi connectivity index (χ3n) is 3.50. The highest BCUT2D eigenvalue weighted by Gasteiger charge is 2.12. The van der Waals surface area contributed by atoms with Crippen molar-refractivity contribution in [3.63, 3.8) is 0 Å². The summed E-state index contributed by atoms with van der Waals surface area (Å²) in [5, 5.41) is 2.95. The van der Waals surface area contributed by atoms with Gasteiger partial charge in [-0.3, -0.25) is 4.79 Å². The van der Waals surface area contributed by atoms with Crippen molar-refractivity contribution in [2.75, 3.05) is 19.8 Å². The zero-order valence-corrected chi connectivity index (χ0v) is 13.5. The summed E-state index contributed by atoms with van der Waals surface area (Å²) in [7, 11) is 0. The first-order valence-electron chi connectivity index (χ1n) is 8.04. The van der Waals surface area contributed by atoms with E-state index in [0.717, 1.165) is 42.7 Å². The van der Waals surface area contributed by atoms with Gasteiger partial charge in [-0.1, -0.05) is 19.1 Å². The summed E-state index contributed by atoms with van der Waals surface area (Å²) < 4.78 is 7.29. The number of carbonyl (C=O) groups excluding carboxylic acids is 1. The van der Waals surface area contributed by atoms with Crippen LogP contribution in [0, 0.1) is 0 Å². The fourth-order valence-electron chi connectivity index (χ4n) is 2.46. The molecule has 2 aromatic rings. The normalized spacial score (nSPS) is 11.0. The van der Waals surface area contributed by atoms with Gasteiger partial charge in [0.1, 0.15) is 12.4 Å². The lowest BCUT2D eigenvalue weighted by Crippen LogP contribution is -2.29. The summed E-state index contributed by atoms with van der Waals surface area (Å²) in [6, 6.07) is 7.97. The third kappa shape index (κ3) is 4.31. The van der Waals surface area contributed by atoms with E-state index < -0.39 is 0 Å². The van der Waals surface area contributed by atoms with E-state index in [1.807, 2.05) is 35.8 Å². The number of aryl methyl sites for hydroxylation is 1. The number of ether oxygens (including phenoxy) is 1. The summed E-state index contributed by atoms with van der Waals surface area (Å²) >= 11 is 0. The molecule has 0 saturated carbocycles. The average Bonchev–Trinajstić information content (AvgIpc) is 2.85. The number of fused-ring (bicyclic) bond motifs is 1. The van der Waals surface area contributed by atoms with Crippen LogP contribution in [0.5, 0.6) is 0 Å². The predicted octanol–water partition coefficient (Wildman–Crippen LogP) is 2.53. The maximum absolute atomic E-state index is 12.1. The van der Waals surface area contributed by atoms with Gasteiger partial charge in [0.15, 0.2) is 0 Å². The molecule has 120 valence electrons. The maximum Gasteiger partial charge on any atom is 0.240 e. The van der Waals surface area contributed by atoms with Gasteiger partial charge in [-0.05, 0) is 31.9 Å². The lowest BCUT2D eigenvalue weighted by molar-refractivity contribution is -0.121. The van der Waals surface area contributed by atoms with E-state index in [0.29, 0.717) is 19.7 Å². The summed E-state index contributed by atoms with van der Waals surface area (Å²) in [6.07, 6.45) is 2.73. The minimum atomic E-state index is 0.0250. The monoisotopic (exact) mass is 303 g/mol. The number of hydrogen-bond acceptors (Lipinski definition) is 3. The van der Waals surface area contributed by atoms with E-state index in [-0.39, 0.29) is 5.91 Å². The molecule has 1 aromatic heterocycles. The quantitative estimate of drug-likeness (QED) is 0.724. The smallest absolute Gasteiger partial charge is 0.240 e. The van der Waals surface area contributed by atoms with Crippen LogP contribution in [0.15, 0.2) is 24.3 Å². The molecule has 0 aliphatic rings. The fourth-order valence-corrected chi connectivity index (χ4v) is 2.46. The minimum Gasteiger partial charge on any atom is -0.382 e. The molecule has 22 heavy (non-hydrogen) atoms. The highest BCUT2D eigenvalue weighted by atomic mass is 16.5. The van der Waals surface area contributed by atoms with Crippen LogP contribution in [0.1, 0.15) is 32.5 Å². The van der Waals surface area contributed by atoms with Crippen molar-refractivity contribution < 1.29 is 9.53 Å². The Hall–Kier alpha value is -1.88. The molecule has 1 heterocycles. The van der Waals surface area contributed by atoms with Crippen LogP contribution in [-0.2, 0) is 22.5 Å². The van der Waals surface area contributed by atoms with Gasteiger partial charge in [0.05, 0.1) is 11.0 Å². The standard InChI is InChI=1S/C17H25N3O2/c1-3-8-16-19-14-9-5-6-10-15(14)20(16)13-17(21)18-11-7-12-22-4-2/h5-6,9-10H,3-4,7-8,11-13H2,1-2H3,(H,18,21). The van der Waals surface area contributed by atoms with Gasteiger partial charge >= 0.3 is 0 Å². The number of amides is 1. The molecular formula is C17H25N3O2. The Morgan fingerprint density at radius 2 is 2.14 bits per heavy atom. The zero-order valence-electron chi connectivity index (χ0n) is 13.5. The number of imidazole rings is 1. The van der Waals surface area contributed by atoms with Crippen LogP contribution >= 0.6 is 0 Å². The van der Waals surface area contributed by atoms with Crippen LogP contribution in [0.4, 0.5) is 0 Å². The van der Waals surface area contributed by atoms with Crippen molar-refractivity contribution in [1.29, 1.82) is 0 Å². The van der Waals surface area contributed by atoms with Gasteiger partial charge < -0.3 is 14.6 Å². The highest BCUT2D eigenvalue weighted by Crippen LogP contribution is 2.16. The molecule has 0 aliphatic heterocycles. The summed E-state index contributed by atoms with van der Waals surface area (Å²) in [5.74, 6) is 1.00. The van der Waals surface area contributed by atoms with Crippen LogP contribution in [0.2, 0.25) is 0 Å². The lowest BCUT2D eigenvalue weighted by Gasteiger charge is -2.09. The molecule has 1 amide bonds. The van der Waals surface area contributed by atoms with Gasteiger partial charge in [-0.25, -0.2) is 4.98 Å². The number of carbonyl (C=O) groups is 1. The topological polar surface area (TPSA) is 56.2 Å². The van der Waals surface area contributed by atoms with E-state index in [1.165, 1.54) is 0 Å². The molecular weight excluding hydrogens is 278 g/mol. The zero-order chi connectivity index (χ0) is 15.8. The largest absolute Gasteiger partial charge is 0.382 e. The Kier molecular flexibility index (Phi) is 6.40. The minimum absolute atomic E-state index is 0.0250. The number of benzene rings is 1. The Bertz CT molecular complexity index is 607. The molecule has 0 saturated heterocycles. The SMILES string of the molecule is CCCc1nc2ccccc2n1CC(=O)NCCCOCC. The third-order valence-corrected chi connectivity index (χ3v) is 3.50. The van der Waals surface area contributed by atoms with E-state index in [2.05, 4.69) is 17.2 Å². The van der Waals surface area contributed by atoms with Crippen molar-refractivity contribution in [3.05, 3.63) is 30.1 Å². The van der Waals surface area contributed by atoms with Crippen LogP contribution in [0.3, 0.4) is 0 Å². The van der Waals surface area contributed by atoms with Crippen molar-refractivity contribution in [3.8, 4) is 0 Å². The molecule has 0 radical (unpaired) electrons. The number of nitrogens with zero attached hydrogens (tertiary/aromatic N) is 2. The molecule has 0 bridgehead atoms.